The highest BCUT2D eigenvalue weighted by atomic mass is 15.0. The van der Waals surface area contributed by atoms with E-state index in [1.54, 1.807) is 0 Å². The third-order valence-corrected chi connectivity index (χ3v) is 13.2. The molecule has 0 amide bonds. The average Bonchev–Trinajstić information content (AvgIpc) is 3.75. The second-order valence-electron chi connectivity index (χ2n) is 17.2. The van der Waals surface area contributed by atoms with E-state index < -0.39 is 0 Å². The molecular weight excluding hydrogens is 813 g/mol. The highest BCUT2D eigenvalue weighted by molar-refractivity contribution is 6.23. The molecule has 0 fully saturated rings. The molecule has 0 saturated heterocycles. The predicted octanol–water partition coefficient (Wildman–Crippen LogP) is 16.4. The molecule has 0 bridgehead atoms. The van der Waals surface area contributed by atoms with Gasteiger partial charge in [-0.05, 0) is 75.5 Å². The second kappa shape index (κ2) is 15.9. The van der Waals surface area contributed by atoms with Crippen LogP contribution in [0.4, 0.5) is 0 Å². The predicted molar refractivity (Wildman–Crippen MR) is 279 cm³/mol. The Bertz CT molecular complexity index is 3880. The van der Waals surface area contributed by atoms with E-state index in [4.69, 9.17) is 15.0 Å². The normalized spacial score (nSPS) is 11.6. The van der Waals surface area contributed by atoms with E-state index in [0.29, 0.717) is 5.82 Å². The molecule has 0 radical (unpaired) electrons. The Balaban J connectivity index is 0.848. The maximum Gasteiger partial charge on any atom is 0.160 e. The first kappa shape index (κ1) is 38.5. The monoisotopic (exact) mass is 852 g/mol. The van der Waals surface area contributed by atoms with Crippen LogP contribution in [0.1, 0.15) is 0 Å². The van der Waals surface area contributed by atoms with Crippen LogP contribution >= 0.6 is 0 Å². The SMILES string of the molecule is c1ccc(-c2cc(-c3ccccc3)nc(-c3ccc(-c4ccc(-c5nc6ccc(-c7ccc(-n8c9ccccc9c9ccccc98)cc7)cc6c6c5ccc5ccccc56)cc4)cc3)n2)cc1. The first-order chi connectivity index (χ1) is 33.2. The fourth-order valence-corrected chi connectivity index (χ4v) is 9.90. The van der Waals surface area contributed by atoms with Crippen molar-refractivity contribution in [2.24, 2.45) is 0 Å². The molecule has 0 spiro atoms. The third kappa shape index (κ3) is 6.74. The topological polar surface area (TPSA) is 43.6 Å². The number of benzene rings is 10. The van der Waals surface area contributed by atoms with Crippen molar-refractivity contribution >= 4 is 54.3 Å². The molecule has 67 heavy (non-hydrogen) atoms. The molecule has 0 atom stereocenters. The number of pyridine rings is 1. The number of para-hydroxylation sites is 2. The molecule has 3 heterocycles. The molecule has 13 rings (SSSR count). The van der Waals surface area contributed by atoms with Crippen LogP contribution in [-0.4, -0.2) is 19.5 Å². The summed E-state index contributed by atoms with van der Waals surface area (Å²) in [5.41, 5.74) is 16.0. The summed E-state index contributed by atoms with van der Waals surface area (Å²) in [6.07, 6.45) is 0. The largest absolute Gasteiger partial charge is 0.309 e. The van der Waals surface area contributed by atoms with E-state index >= 15 is 0 Å². The summed E-state index contributed by atoms with van der Waals surface area (Å²) in [5, 5.41) is 8.45. The molecule has 0 unspecified atom stereocenters. The van der Waals surface area contributed by atoms with Gasteiger partial charge < -0.3 is 4.57 Å². The van der Waals surface area contributed by atoms with Crippen LogP contribution in [-0.2, 0) is 0 Å². The summed E-state index contributed by atoms with van der Waals surface area (Å²) < 4.78 is 2.37. The van der Waals surface area contributed by atoms with Crippen molar-refractivity contribution in [2.75, 3.05) is 0 Å². The zero-order valence-corrected chi connectivity index (χ0v) is 36.4. The first-order valence-electron chi connectivity index (χ1n) is 22.8. The van der Waals surface area contributed by atoms with Gasteiger partial charge in [-0.15, -0.1) is 0 Å². The summed E-state index contributed by atoms with van der Waals surface area (Å²) in [6.45, 7) is 0. The molecule has 10 aromatic carbocycles. The Morgan fingerprint density at radius 3 is 1.40 bits per heavy atom. The Morgan fingerprint density at radius 1 is 0.284 bits per heavy atom. The fraction of sp³-hybridized carbons (Fsp3) is 0. The maximum atomic E-state index is 5.41. The lowest BCUT2D eigenvalue weighted by Gasteiger charge is -2.15. The van der Waals surface area contributed by atoms with E-state index in [2.05, 4.69) is 211 Å². The number of hydrogen-bond acceptors (Lipinski definition) is 3. The summed E-state index contributed by atoms with van der Waals surface area (Å²) >= 11 is 0. The van der Waals surface area contributed by atoms with Gasteiger partial charge >= 0.3 is 0 Å². The van der Waals surface area contributed by atoms with E-state index in [1.165, 1.54) is 38.0 Å². The molecule has 13 aromatic rings. The maximum absolute atomic E-state index is 5.41. The van der Waals surface area contributed by atoms with Crippen molar-refractivity contribution in [2.45, 2.75) is 0 Å². The van der Waals surface area contributed by atoms with Gasteiger partial charge in [0.05, 0.1) is 33.6 Å². The fourth-order valence-electron chi connectivity index (χ4n) is 9.90. The van der Waals surface area contributed by atoms with E-state index in [0.717, 1.165) is 83.6 Å². The van der Waals surface area contributed by atoms with Crippen molar-refractivity contribution in [3.05, 3.63) is 243 Å². The van der Waals surface area contributed by atoms with Gasteiger partial charge in [-0.3, -0.25) is 0 Å². The molecule has 4 heteroatoms. The van der Waals surface area contributed by atoms with Crippen molar-refractivity contribution in [3.63, 3.8) is 0 Å². The standard InChI is InChI=1S/C63H40N4/c1-3-14-45(15-4-1)57-40-58(46-16-5-2-6-17-46)66-63(65-57)48-29-25-42(26-30-48)41-23-27-47(28-24-41)62-54-37-33-44-13-7-8-18-51(44)61(54)55-39-49(34-38-56(55)64-62)43-31-35-50(36-32-43)67-59-21-11-9-19-52(59)53-20-10-12-22-60(53)67/h1-40H. The molecule has 312 valence electrons. The molecule has 0 aliphatic carbocycles. The van der Waals surface area contributed by atoms with Gasteiger partial charge in [0.2, 0.25) is 0 Å². The van der Waals surface area contributed by atoms with Crippen LogP contribution in [0.3, 0.4) is 0 Å². The quantitative estimate of drug-likeness (QED) is 0.150. The average molecular weight is 853 g/mol. The van der Waals surface area contributed by atoms with Gasteiger partial charge in [0.1, 0.15) is 0 Å². The van der Waals surface area contributed by atoms with E-state index in [1.807, 2.05) is 36.4 Å². The first-order valence-corrected chi connectivity index (χ1v) is 22.8. The van der Waals surface area contributed by atoms with Crippen LogP contribution < -0.4 is 0 Å². The molecule has 0 aliphatic rings. The number of nitrogens with zero attached hydrogens (tertiary/aromatic N) is 4. The summed E-state index contributed by atoms with van der Waals surface area (Å²) in [4.78, 5) is 15.5. The number of rotatable bonds is 7. The van der Waals surface area contributed by atoms with Crippen LogP contribution in [0.25, 0.3) is 127 Å². The lowest BCUT2D eigenvalue weighted by Crippen LogP contribution is -1.96. The minimum Gasteiger partial charge on any atom is -0.309 e. The molecular formula is C63H40N4. The van der Waals surface area contributed by atoms with Crippen molar-refractivity contribution in [1.29, 1.82) is 0 Å². The highest BCUT2D eigenvalue weighted by Crippen LogP contribution is 2.40. The van der Waals surface area contributed by atoms with Gasteiger partial charge in [0, 0.05) is 54.9 Å². The highest BCUT2D eigenvalue weighted by Gasteiger charge is 2.17. The van der Waals surface area contributed by atoms with Gasteiger partial charge in [-0.1, -0.05) is 200 Å². The molecule has 4 nitrogen and oxygen atoms in total. The second-order valence-corrected chi connectivity index (χ2v) is 17.2. The van der Waals surface area contributed by atoms with Crippen LogP contribution in [0.2, 0.25) is 0 Å². The third-order valence-electron chi connectivity index (χ3n) is 13.2. The Hall–Kier alpha value is -8.99. The van der Waals surface area contributed by atoms with Crippen LogP contribution in [0.15, 0.2) is 243 Å². The minimum absolute atomic E-state index is 0.699. The molecule has 0 saturated carbocycles. The van der Waals surface area contributed by atoms with Gasteiger partial charge in [0.15, 0.2) is 5.82 Å². The molecule has 0 N–H and O–H groups in total. The lowest BCUT2D eigenvalue weighted by molar-refractivity contribution is 1.18. The van der Waals surface area contributed by atoms with Gasteiger partial charge in [-0.25, -0.2) is 15.0 Å². The minimum atomic E-state index is 0.699. The zero-order valence-electron chi connectivity index (χ0n) is 36.4. The van der Waals surface area contributed by atoms with E-state index in [-0.39, 0.29) is 0 Å². The Morgan fingerprint density at radius 2 is 0.776 bits per heavy atom. The van der Waals surface area contributed by atoms with Crippen LogP contribution in [0, 0.1) is 0 Å². The Kier molecular flexibility index (Phi) is 9.14. The number of hydrogen-bond donors (Lipinski definition) is 0. The van der Waals surface area contributed by atoms with Crippen molar-refractivity contribution in [3.8, 4) is 73.1 Å². The Labute approximate surface area is 387 Å². The van der Waals surface area contributed by atoms with Crippen molar-refractivity contribution < 1.29 is 0 Å². The smallest absolute Gasteiger partial charge is 0.160 e. The molecule has 0 aliphatic heterocycles. The zero-order chi connectivity index (χ0) is 44.3. The lowest BCUT2D eigenvalue weighted by atomic mass is 9.93. The summed E-state index contributed by atoms with van der Waals surface area (Å²) in [6, 6.07) is 86.3. The summed E-state index contributed by atoms with van der Waals surface area (Å²) in [7, 11) is 0. The number of fused-ring (bicyclic) bond motifs is 8. The van der Waals surface area contributed by atoms with Gasteiger partial charge in [0.25, 0.3) is 0 Å². The van der Waals surface area contributed by atoms with E-state index in [9.17, 15) is 0 Å². The van der Waals surface area contributed by atoms with Gasteiger partial charge in [-0.2, -0.15) is 0 Å². The van der Waals surface area contributed by atoms with Crippen LogP contribution in [0.5, 0.6) is 0 Å². The summed E-state index contributed by atoms with van der Waals surface area (Å²) in [5.74, 6) is 0.699. The number of aromatic nitrogens is 4. The molecule has 3 aromatic heterocycles. The van der Waals surface area contributed by atoms with Crippen molar-refractivity contribution in [1.82, 2.24) is 19.5 Å².